The number of rotatable bonds is 5. The average molecular weight is 215 g/mol. The molecule has 5 nitrogen and oxygen atoms in total. The fourth-order valence-corrected chi connectivity index (χ4v) is 1.93. The minimum atomic E-state index is -1.01. The first-order valence-corrected chi connectivity index (χ1v) is 4.89. The quantitative estimate of drug-likeness (QED) is 0.597. The molecule has 6 heteroatoms. The van der Waals surface area contributed by atoms with Crippen molar-refractivity contribution in [2.75, 3.05) is 6.54 Å². The van der Waals surface area contributed by atoms with Crippen LogP contribution in [0, 0.1) is 10.1 Å². The number of carbonyl (C=O) groups is 1. The van der Waals surface area contributed by atoms with Crippen molar-refractivity contribution in [3.8, 4) is 0 Å². The fraction of sp³-hybridized carbons (Fsp3) is 0.375. The zero-order valence-corrected chi connectivity index (χ0v) is 8.07. The molecule has 1 unspecified atom stereocenters. The van der Waals surface area contributed by atoms with Crippen molar-refractivity contribution in [2.24, 2.45) is 0 Å². The molecule has 14 heavy (non-hydrogen) atoms. The van der Waals surface area contributed by atoms with Crippen molar-refractivity contribution < 1.29 is 14.8 Å². The lowest BCUT2D eigenvalue weighted by atomic mass is 9.99. The number of aliphatic carboxylic acids is 1. The molecule has 76 valence electrons. The van der Waals surface area contributed by atoms with Gasteiger partial charge in [-0.1, -0.05) is 0 Å². The smallest absolute Gasteiger partial charge is 0.304 e. The summed E-state index contributed by atoms with van der Waals surface area (Å²) in [6, 6.07) is 1.72. The summed E-state index contributed by atoms with van der Waals surface area (Å²) >= 11 is 1.41. The summed E-state index contributed by atoms with van der Waals surface area (Å²) in [5.41, 5.74) is 0.731. The third kappa shape index (κ3) is 3.14. The summed E-state index contributed by atoms with van der Waals surface area (Å²) in [6.45, 7) is -0.330. The zero-order chi connectivity index (χ0) is 10.6. The molecule has 0 radical (unpaired) electrons. The maximum atomic E-state index is 10.5. The first-order chi connectivity index (χ1) is 6.59. The molecular formula is C8H9NO4S. The Balaban J connectivity index is 2.71. The molecule has 0 aromatic carbocycles. The normalized spacial score (nSPS) is 12.3. The highest BCUT2D eigenvalue weighted by molar-refractivity contribution is 7.07. The highest BCUT2D eigenvalue weighted by Crippen LogP contribution is 2.22. The molecule has 0 amide bonds. The van der Waals surface area contributed by atoms with Gasteiger partial charge in [-0.05, 0) is 22.4 Å². The van der Waals surface area contributed by atoms with E-state index >= 15 is 0 Å². The second-order valence-electron chi connectivity index (χ2n) is 2.87. The minimum Gasteiger partial charge on any atom is -0.481 e. The predicted molar refractivity (Wildman–Crippen MR) is 51.2 cm³/mol. The largest absolute Gasteiger partial charge is 0.481 e. The maximum Gasteiger partial charge on any atom is 0.304 e. The van der Waals surface area contributed by atoms with Crippen molar-refractivity contribution in [1.82, 2.24) is 0 Å². The number of nitrogens with zero attached hydrogens (tertiary/aromatic N) is 1. The Hall–Kier alpha value is -1.43. The summed E-state index contributed by atoms with van der Waals surface area (Å²) in [5, 5.41) is 22.4. The molecule has 0 fully saturated rings. The number of hydrogen-bond donors (Lipinski definition) is 1. The van der Waals surface area contributed by atoms with Crippen molar-refractivity contribution in [2.45, 2.75) is 12.3 Å². The third-order valence-corrected chi connectivity index (χ3v) is 2.51. The zero-order valence-electron chi connectivity index (χ0n) is 7.25. The molecular weight excluding hydrogens is 206 g/mol. The Kier molecular flexibility index (Phi) is 3.58. The summed E-state index contributed by atoms with van der Waals surface area (Å²) in [4.78, 5) is 20.3. The van der Waals surface area contributed by atoms with E-state index in [0.717, 1.165) is 5.56 Å². The minimum absolute atomic E-state index is 0.197. The molecule has 0 spiro atoms. The van der Waals surface area contributed by atoms with Crippen LogP contribution in [0.15, 0.2) is 16.8 Å². The van der Waals surface area contributed by atoms with Crippen molar-refractivity contribution in [1.29, 1.82) is 0 Å². The number of carboxylic acids is 1. The van der Waals surface area contributed by atoms with Gasteiger partial charge in [0.05, 0.1) is 12.3 Å². The van der Waals surface area contributed by atoms with E-state index in [1.165, 1.54) is 11.3 Å². The molecule has 1 N–H and O–H groups in total. The molecule has 1 rings (SSSR count). The van der Waals surface area contributed by atoms with Crippen LogP contribution >= 0.6 is 11.3 Å². The maximum absolute atomic E-state index is 10.5. The van der Waals surface area contributed by atoms with Gasteiger partial charge in [0.1, 0.15) is 0 Å². The third-order valence-electron chi connectivity index (χ3n) is 1.81. The second kappa shape index (κ2) is 4.71. The Labute approximate surface area is 84.1 Å². The summed E-state index contributed by atoms with van der Waals surface area (Å²) in [5.74, 6) is -1.53. The van der Waals surface area contributed by atoms with Crippen LogP contribution in [-0.4, -0.2) is 22.5 Å². The molecule has 0 saturated carbocycles. The average Bonchev–Trinajstić information content (AvgIpc) is 2.52. The highest BCUT2D eigenvalue weighted by Gasteiger charge is 2.21. The van der Waals surface area contributed by atoms with Crippen LogP contribution in [0.3, 0.4) is 0 Å². The van der Waals surface area contributed by atoms with E-state index in [2.05, 4.69) is 0 Å². The van der Waals surface area contributed by atoms with E-state index in [1.807, 2.05) is 0 Å². The van der Waals surface area contributed by atoms with Gasteiger partial charge in [0.15, 0.2) is 0 Å². The van der Waals surface area contributed by atoms with Crippen LogP contribution in [0.25, 0.3) is 0 Å². The Morgan fingerprint density at radius 1 is 1.71 bits per heavy atom. The number of hydrogen-bond acceptors (Lipinski definition) is 4. The van der Waals surface area contributed by atoms with Crippen molar-refractivity contribution in [3.63, 3.8) is 0 Å². The van der Waals surface area contributed by atoms with E-state index in [9.17, 15) is 14.9 Å². The standard InChI is InChI=1S/C8H9NO4S/c10-8(11)3-7(4-9(12)13)6-1-2-14-5-6/h1-2,5,7H,3-4H2,(H,10,11). The molecule has 0 saturated heterocycles. The monoisotopic (exact) mass is 215 g/mol. The fourth-order valence-electron chi connectivity index (χ4n) is 1.19. The van der Waals surface area contributed by atoms with E-state index in [4.69, 9.17) is 5.11 Å². The van der Waals surface area contributed by atoms with E-state index in [-0.39, 0.29) is 13.0 Å². The molecule has 0 aliphatic heterocycles. The van der Waals surface area contributed by atoms with Gasteiger partial charge in [-0.15, -0.1) is 0 Å². The first kappa shape index (κ1) is 10.6. The SMILES string of the molecule is O=C(O)CC(C[N+](=O)[O-])c1ccsc1. The number of nitro groups is 1. The molecule has 1 heterocycles. The topological polar surface area (TPSA) is 80.4 Å². The summed E-state index contributed by atoms with van der Waals surface area (Å²) in [7, 11) is 0. The van der Waals surface area contributed by atoms with Crippen LogP contribution in [0.4, 0.5) is 0 Å². The van der Waals surface area contributed by atoms with Crippen molar-refractivity contribution in [3.05, 3.63) is 32.5 Å². The number of thiophene rings is 1. The van der Waals surface area contributed by atoms with E-state index in [0.29, 0.717) is 0 Å². The van der Waals surface area contributed by atoms with E-state index < -0.39 is 16.8 Å². The predicted octanol–water partition coefficient (Wildman–Crippen LogP) is 1.58. The van der Waals surface area contributed by atoms with Gasteiger partial charge in [0.25, 0.3) is 0 Å². The Morgan fingerprint density at radius 2 is 2.43 bits per heavy atom. The van der Waals surface area contributed by atoms with Gasteiger partial charge < -0.3 is 5.11 Å². The molecule has 1 atom stereocenters. The van der Waals surface area contributed by atoms with Crippen LogP contribution in [-0.2, 0) is 4.79 Å². The first-order valence-electron chi connectivity index (χ1n) is 3.95. The van der Waals surface area contributed by atoms with Crippen LogP contribution in [0.1, 0.15) is 17.9 Å². The molecule has 0 aliphatic carbocycles. The van der Waals surface area contributed by atoms with Gasteiger partial charge in [-0.3, -0.25) is 14.9 Å². The van der Waals surface area contributed by atoms with Gasteiger partial charge >= 0.3 is 5.97 Å². The highest BCUT2D eigenvalue weighted by atomic mass is 32.1. The van der Waals surface area contributed by atoms with Gasteiger partial charge in [0, 0.05) is 4.92 Å². The Morgan fingerprint density at radius 3 is 2.86 bits per heavy atom. The summed E-state index contributed by atoms with van der Waals surface area (Å²) < 4.78 is 0. The summed E-state index contributed by atoms with van der Waals surface area (Å²) in [6.07, 6.45) is -0.197. The lowest BCUT2D eigenvalue weighted by molar-refractivity contribution is -0.483. The lowest BCUT2D eigenvalue weighted by Gasteiger charge is -2.07. The molecule has 1 aromatic heterocycles. The van der Waals surface area contributed by atoms with Gasteiger partial charge in [-0.2, -0.15) is 11.3 Å². The second-order valence-corrected chi connectivity index (χ2v) is 3.65. The lowest BCUT2D eigenvalue weighted by Crippen LogP contribution is -2.15. The van der Waals surface area contributed by atoms with Crippen LogP contribution < -0.4 is 0 Å². The van der Waals surface area contributed by atoms with Gasteiger partial charge in [0.2, 0.25) is 6.54 Å². The van der Waals surface area contributed by atoms with Crippen LogP contribution in [0.5, 0.6) is 0 Å². The molecule has 0 aliphatic rings. The number of carboxylic acid groups (broad SMARTS) is 1. The van der Waals surface area contributed by atoms with Crippen molar-refractivity contribution >= 4 is 17.3 Å². The van der Waals surface area contributed by atoms with E-state index in [1.54, 1.807) is 16.8 Å². The molecule has 1 aromatic rings. The van der Waals surface area contributed by atoms with Crippen LogP contribution in [0.2, 0.25) is 0 Å². The molecule has 0 bridgehead atoms. The van der Waals surface area contributed by atoms with Gasteiger partial charge in [-0.25, -0.2) is 0 Å². The Bertz CT molecular complexity index is 306.